The van der Waals surface area contributed by atoms with Crippen molar-refractivity contribution in [1.29, 1.82) is 0 Å². The molecule has 80 valence electrons. The molecule has 0 aromatic carbocycles. The minimum atomic E-state index is -1.04. The lowest BCUT2D eigenvalue weighted by Gasteiger charge is -2.02. The van der Waals surface area contributed by atoms with Gasteiger partial charge in [-0.05, 0) is 5.56 Å². The molecule has 0 saturated heterocycles. The van der Waals surface area contributed by atoms with Crippen molar-refractivity contribution >= 4 is 23.5 Å². The maximum atomic E-state index is 10.5. The minimum absolute atomic E-state index is 0.0894. The molecule has 0 aliphatic rings. The summed E-state index contributed by atoms with van der Waals surface area (Å²) >= 11 is 5.65. The molecule has 1 aromatic heterocycles. The molecule has 15 heavy (non-hydrogen) atoms. The Morgan fingerprint density at radius 1 is 1.27 bits per heavy atom. The molecule has 0 spiro atoms. The lowest BCUT2D eigenvalue weighted by molar-refractivity contribution is -0.137. The lowest BCUT2D eigenvalue weighted by Crippen LogP contribution is -2.05. The number of aliphatic carboxylic acids is 2. The summed E-state index contributed by atoms with van der Waals surface area (Å²) in [5, 5.41) is 17.2. The van der Waals surface area contributed by atoms with E-state index in [-0.39, 0.29) is 18.0 Å². The van der Waals surface area contributed by atoms with Gasteiger partial charge < -0.3 is 10.2 Å². The normalized spacial score (nSPS) is 9.93. The smallest absolute Gasteiger partial charge is 0.307 e. The number of nitrogens with zero attached hydrogens (tertiary/aromatic N) is 1. The first-order chi connectivity index (χ1) is 6.99. The van der Waals surface area contributed by atoms with Crippen molar-refractivity contribution in [2.24, 2.45) is 0 Å². The van der Waals surface area contributed by atoms with Crippen LogP contribution >= 0.6 is 11.6 Å². The second kappa shape index (κ2) is 4.75. The fraction of sp³-hybridized carbons (Fsp3) is 0.222. The number of carboxylic acid groups (broad SMARTS) is 2. The highest BCUT2D eigenvalue weighted by Gasteiger charge is 2.09. The van der Waals surface area contributed by atoms with Crippen LogP contribution in [0.15, 0.2) is 12.3 Å². The number of halogens is 1. The number of pyridine rings is 1. The van der Waals surface area contributed by atoms with Gasteiger partial charge in [0.1, 0.15) is 5.15 Å². The molecule has 5 nitrogen and oxygen atoms in total. The summed E-state index contributed by atoms with van der Waals surface area (Å²) in [5.41, 5.74) is 0.756. The molecule has 6 heteroatoms. The molecule has 0 fully saturated rings. The van der Waals surface area contributed by atoms with Crippen molar-refractivity contribution in [1.82, 2.24) is 4.98 Å². The number of aromatic nitrogens is 1. The Labute approximate surface area is 90.3 Å². The first kappa shape index (κ1) is 11.5. The van der Waals surface area contributed by atoms with Gasteiger partial charge >= 0.3 is 11.9 Å². The highest BCUT2D eigenvalue weighted by molar-refractivity contribution is 6.30. The molecule has 0 aliphatic carbocycles. The molecule has 0 saturated carbocycles. The Bertz CT molecular complexity index is 405. The number of hydrogen-bond donors (Lipinski definition) is 2. The van der Waals surface area contributed by atoms with E-state index in [1.807, 2.05) is 0 Å². The standard InChI is InChI=1S/C9H8ClNO4/c10-9-6(3-8(14)15)1-5(4-11-9)2-7(12)13/h1,4H,2-3H2,(H,12,13)(H,14,15). The number of hydrogen-bond acceptors (Lipinski definition) is 3. The molecule has 0 atom stereocenters. The van der Waals surface area contributed by atoms with Crippen molar-refractivity contribution in [3.05, 3.63) is 28.5 Å². The van der Waals surface area contributed by atoms with E-state index in [2.05, 4.69) is 4.98 Å². The van der Waals surface area contributed by atoms with Crippen LogP contribution < -0.4 is 0 Å². The number of carbonyl (C=O) groups is 2. The minimum Gasteiger partial charge on any atom is -0.481 e. The molecule has 0 bridgehead atoms. The summed E-state index contributed by atoms with van der Waals surface area (Å²) in [6.07, 6.45) is 0.859. The van der Waals surface area contributed by atoms with Crippen LogP contribution in [0.1, 0.15) is 11.1 Å². The summed E-state index contributed by atoms with van der Waals surface area (Å²) in [6.45, 7) is 0. The Balaban J connectivity index is 2.94. The molecule has 2 N–H and O–H groups in total. The van der Waals surface area contributed by atoms with Crippen LogP contribution in [0.5, 0.6) is 0 Å². The van der Waals surface area contributed by atoms with Gasteiger partial charge in [0.2, 0.25) is 0 Å². The van der Waals surface area contributed by atoms with E-state index in [0.29, 0.717) is 11.1 Å². The second-order valence-electron chi connectivity index (χ2n) is 2.93. The van der Waals surface area contributed by atoms with Gasteiger partial charge in [-0.1, -0.05) is 17.7 Å². The first-order valence-corrected chi connectivity index (χ1v) is 4.43. The first-order valence-electron chi connectivity index (χ1n) is 4.06. The largest absolute Gasteiger partial charge is 0.481 e. The van der Waals surface area contributed by atoms with E-state index in [0.717, 1.165) is 0 Å². The Kier molecular flexibility index (Phi) is 3.62. The quantitative estimate of drug-likeness (QED) is 0.752. The topological polar surface area (TPSA) is 87.5 Å². The molecular weight excluding hydrogens is 222 g/mol. The zero-order chi connectivity index (χ0) is 11.4. The molecule has 0 amide bonds. The van der Waals surface area contributed by atoms with Gasteiger partial charge in [0, 0.05) is 11.8 Å². The van der Waals surface area contributed by atoms with Gasteiger partial charge in [-0.2, -0.15) is 0 Å². The highest BCUT2D eigenvalue weighted by Crippen LogP contribution is 2.15. The van der Waals surface area contributed by atoms with Gasteiger partial charge in [0.15, 0.2) is 0 Å². The van der Waals surface area contributed by atoms with Gasteiger partial charge in [-0.15, -0.1) is 0 Å². The zero-order valence-corrected chi connectivity index (χ0v) is 8.36. The zero-order valence-electron chi connectivity index (χ0n) is 7.61. The van der Waals surface area contributed by atoms with Crippen molar-refractivity contribution in [2.45, 2.75) is 12.8 Å². The third-order valence-corrected chi connectivity index (χ3v) is 2.01. The predicted octanol–water partition coefficient (Wildman–Crippen LogP) is 0.989. The van der Waals surface area contributed by atoms with Crippen molar-refractivity contribution < 1.29 is 19.8 Å². The van der Waals surface area contributed by atoms with E-state index in [1.165, 1.54) is 12.3 Å². The van der Waals surface area contributed by atoms with Crippen LogP contribution in [0, 0.1) is 0 Å². The van der Waals surface area contributed by atoms with Crippen molar-refractivity contribution in [3.63, 3.8) is 0 Å². The fourth-order valence-corrected chi connectivity index (χ4v) is 1.27. The van der Waals surface area contributed by atoms with Gasteiger partial charge in [-0.3, -0.25) is 9.59 Å². The molecule has 1 rings (SSSR count). The Morgan fingerprint density at radius 3 is 2.40 bits per heavy atom. The highest BCUT2D eigenvalue weighted by atomic mass is 35.5. The van der Waals surface area contributed by atoms with Crippen LogP contribution in [0.25, 0.3) is 0 Å². The molecule has 1 heterocycles. The third-order valence-electron chi connectivity index (χ3n) is 1.67. The van der Waals surface area contributed by atoms with E-state index in [9.17, 15) is 9.59 Å². The average molecular weight is 230 g/mol. The van der Waals surface area contributed by atoms with Crippen LogP contribution in [0.3, 0.4) is 0 Å². The second-order valence-corrected chi connectivity index (χ2v) is 3.29. The van der Waals surface area contributed by atoms with Gasteiger partial charge in [0.05, 0.1) is 12.8 Å². The van der Waals surface area contributed by atoms with E-state index in [1.54, 1.807) is 0 Å². The van der Waals surface area contributed by atoms with Crippen molar-refractivity contribution in [3.8, 4) is 0 Å². The monoisotopic (exact) mass is 229 g/mol. The third kappa shape index (κ3) is 3.55. The summed E-state index contributed by atoms with van der Waals surface area (Å²) in [7, 11) is 0. The van der Waals surface area contributed by atoms with E-state index >= 15 is 0 Å². The summed E-state index contributed by atoms with van der Waals surface area (Å²) < 4.78 is 0. The molecule has 0 aliphatic heterocycles. The SMILES string of the molecule is O=C(O)Cc1cnc(Cl)c(CC(=O)O)c1. The predicted molar refractivity (Wildman–Crippen MR) is 51.9 cm³/mol. The van der Waals surface area contributed by atoms with Crippen LogP contribution in [0.4, 0.5) is 0 Å². The van der Waals surface area contributed by atoms with E-state index in [4.69, 9.17) is 21.8 Å². The molecule has 1 aromatic rings. The maximum Gasteiger partial charge on any atom is 0.307 e. The van der Waals surface area contributed by atoms with Gasteiger partial charge in [-0.25, -0.2) is 4.98 Å². The molecule has 0 unspecified atom stereocenters. The number of carboxylic acids is 2. The molecular formula is C9H8ClNO4. The van der Waals surface area contributed by atoms with Gasteiger partial charge in [0.25, 0.3) is 0 Å². The average Bonchev–Trinajstić information content (AvgIpc) is 2.09. The summed E-state index contributed by atoms with van der Waals surface area (Å²) in [6, 6.07) is 1.44. The molecule has 0 radical (unpaired) electrons. The maximum absolute atomic E-state index is 10.5. The fourth-order valence-electron chi connectivity index (χ4n) is 1.10. The lowest BCUT2D eigenvalue weighted by atomic mass is 10.1. The van der Waals surface area contributed by atoms with Crippen molar-refractivity contribution in [2.75, 3.05) is 0 Å². The van der Waals surface area contributed by atoms with E-state index < -0.39 is 11.9 Å². The summed E-state index contributed by atoms with van der Waals surface area (Å²) in [4.78, 5) is 24.6. The summed E-state index contributed by atoms with van der Waals surface area (Å²) in [5.74, 6) is -2.04. The Hall–Kier alpha value is -1.62. The van der Waals surface area contributed by atoms with Crippen LogP contribution in [0.2, 0.25) is 5.15 Å². The number of rotatable bonds is 4. The Morgan fingerprint density at radius 2 is 1.87 bits per heavy atom. The van der Waals surface area contributed by atoms with Crippen LogP contribution in [-0.4, -0.2) is 27.1 Å². The van der Waals surface area contributed by atoms with Crippen LogP contribution in [-0.2, 0) is 22.4 Å².